The minimum Gasteiger partial charge on any atom is -0.444 e. The summed E-state index contributed by atoms with van der Waals surface area (Å²) in [5, 5.41) is 3.49. The molecule has 1 saturated heterocycles. The van der Waals surface area contributed by atoms with Gasteiger partial charge in [-0.15, -0.1) is 0 Å². The first-order valence-corrected chi connectivity index (χ1v) is 8.11. The molecule has 1 rings (SSSR count). The Balaban J connectivity index is 2.12. The number of carbonyl (C=O) groups is 1. The SMILES string of the molecule is CCCCCNCCC1CCN(C(=O)OC(C)(C)C)C1. The molecule has 0 aliphatic carbocycles. The lowest BCUT2D eigenvalue weighted by molar-refractivity contribution is 0.0287. The van der Waals surface area contributed by atoms with E-state index >= 15 is 0 Å². The van der Waals surface area contributed by atoms with Gasteiger partial charge in [0.2, 0.25) is 0 Å². The molecule has 0 bridgehead atoms. The monoisotopic (exact) mass is 284 g/mol. The molecule has 0 saturated carbocycles. The van der Waals surface area contributed by atoms with Crippen LogP contribution in [0.25, 0.3) is 0 Å². The maximum atomic E-state index is 11.9. The Kier molecular flexibility index (Phi) is 7.35. The van der Waals surface area contributed by atoms with E-state index < -0.39 is 5.60 Å². The number of nitrogens with zero attached hydrogens (tertiary/aromatic N) is 1. The molecule has 1 unspecified atom stereocenters. The number of hydrogen-bond donors (Lipinski definition) is 1. The summed E-state index contributed by atoms with van der Waals surface area (Å²) in [4.78, 5) is 13.8. The van der Waals surface area contributed by atoms with Crippen LogP contribution < -0.4 is 5.32 Å². The molecule has 118 valence electrons. The van der Waals surface area contributed by atoms with Crippen LogP contribution in [0.1, 0.15) is 59.8 Å². The molecule has 0 aromatic carbocycles. The Labute approximate surface area is 124 Å². The van der Waals surface area contributed by atoms with Gasteiger partial charge in [-0.25, -0.2) is 4.79 Å². The van der Waals surface area contributed by atoms with E-state index in [0.29, 0.717) is 5.92 Å². The van der Waals surface area contributed by atoms with Gasteiger partial charge in [0.1, 0.15) is 5.60 Å². The maximum absolute atomic E-state index is 11.9. The Bertz CT molecular complexity index is 287. The van der Waals surface area contributed by atoms with E-state index in [4.69, 9.17) is 4.74 Å². The summed E-state index contributed by atoms with van der Waals surface area (Å²) in [5.74, 6) is 0.626. The summed E-state index contributed by atoms with van der Waals surface area (Å²) in [7, 11) is 0. The molecule has 0 aromatic rings. The van der Waals surface area contributed by atoms with Crippen LogP contribution in [0.3, 0.4) is 0 Å². The van der Waals surface area contributed by atoms with Gasteiger partial charge in [-0.3, -0.25) is 0 Å². The third kappa shape index (κ3) is 7.13. The van der Waals surface area contributed by atoms with Gasteiger partial charge in [0, 0.05) is 13.1 Å². The predicted octanol–water partition coefficient (Wildman–Crippen LogP) is 3.41. The van der Waals surface area contributed by atoms with Crippen molar-refractivity contribution in [2.45, 2.75) is 65.4 Å². The first-order chi connectivity index (χ1) is 9.42. The van der Waals surface area contributed by atoms with Crippen molar-refractivity contribution in [1.82, 2.24) is 10.2 Å². The van der Waals surface area contributed by atoms with Crippen LogP contribution >= 0.6 is 0 Å². The van der Waals surface area contributed by atoms with E-state index in [-0.39, 0.29) is 6.09 Å². The van der Waals surface area contributed by atoms with E-state index in [1.54, 1.807) is 0 Å². The molecule has 0 aromatic heterocycles. The van der Waals surface area contributed by atoms with Gasteiger partial charge < -0.3 is 15.0 Å². The number of ether oxygens (including phenoxy) is 1. The molecule has 4 heteroatoms. The van der Waals surface area contributed by atoms with E-state index in [1.165, 1.54) is 19.3 Å². The van der Waals surface area contributed by atoms with Crippen molar-refractivity contribution in [2.75, 3.05) is 26.2 Å². The zero-order chi connectivity index (χ0) is 15.0. The highest BCUT2D eigenvalue weighted by atomic mass is 16.6. The molecule has 1 amide bonds. The van der Waals surface area contributed by atoms with Crippen LogP contribution in [-0.4, -0.2) is 42.8 Å². The van der Waals surface area contributed by atoms with E-state index in [0.717, 1.165) is 39.0 Å². The summed E-state index contributed by atoms with van der Waals surface area (Å²) < 4.78 is 5.41. The number of rotatable bonds is 7. The number of nitrogens with one attached hydrogen (secondary N) is 1. The topological polar surface area (TPSA) is 41.6 Å². The second kappa shape index (κ2) is 8.50. The normalized spacial score (nSPS) is 19.4. The summed E-state index contributed by atoms with van der Waals surface area (Å²) in [6.07, 6.45) is 5.96. The van der Waals surface area contributed by atoms with Crippen molar-refractivity contribution in [3.05, 3.63) is 0 Å². The largest absolute Gasteiger partial charge is 0.444 e. The minimum absolute atomic E-state index is 0.157. The highest BCUT2D eigenvalue weighted by Crippen LogP contribution is 2.21. The highest BCUT2D eigenvalue weighted by Gasteiger charge is 2.29. The van der Waals surface area contributed by atoms with Gasteiger partial charge >= 0.3 is 6.09 Å². The average Bonchev–Trinajstić information content (AvgIpc) is 2.80. The molecule has 1 aliphatic heterocycles. The standard InChI is InChI=1S/C16H32N2O2/c1-5-6-7-10-17-11-8-14-9-12-18(13-14)15(19)20-16(2,3)4/h14,17H,5-13H2,1-4H3. The fourth-order valence-corrected chi connectivity index (χ4v) is 2.49. The second-order valence-corrected chi connectivity index (χ2v) is 6.83. The lowest BCUT2D eigenvalue weighted by atomic mass is 10.1. The fraction of sp³-hybridized carbons (Fsp3) is 0.938. The first kappa shape index (κ1) is 17.3. The number of likely N-dealkylation sites (tertiary alicyclic amines) is 1. The molecule has 4 nitrogen and oxygen atoms in total. The zero-order valence-corrected chi connectivity index (χ0v) is 13.7. The van der Waals surface area contributed by atoms with Crippen LogP contribution in [0.2, 0.25) is 0 Å². The number of amides is 1. The Hall–Kier alpha value is -0.770. The fourth-order valence-electron chi connectivity index (χ4n) is 2.49. The number of carbonyl (C=O) groups excluding carboxylic acids is 1. The molecule has 1 heterocycles. The Morgan fingerprint density at radius 2 is 2.05 bits per heavy atom. The van der Waals surface area contributed by atoms with Crippen LogP contribution in [-0.2, 0) is 4.74 Å². The van der Waals surface area contributed by atoms with E-state index in [2.05, 4.69) is 12.2 Å². The summed E-state index contributed by atoms with van der Waals surface area (Å²) in [6.45, 7) is 11.9. The Morgan fingerprint density at radius 3 is 2.70 bits per heavy atom. The van der Waals surface area contributed by atoms with Gasteiger partial charge in [0.15, 0.2) is 0 Å². The summed E-state index contributed by atoms with van der Waals surface area (Å²) in [6, 6.07) is 0. The van der Waals surface area contributed by atoms with Gasteiger partial charge in [-0.2, -0.15) is 0 Å². The van der Waals surface area contributed by atoms with Crippen LogP contribution in [0.4, 0.5) is 4.79 Å². The zero-order valence-electron chi connectivity index (χ0n) is 13.7. The van der Waals surface area contributed by atoms with Crippen molar-refractivity contribution in [3.8, 4) is 0 Å². The average molecular weight is 284 g/mol. The number of unbranched alkanes of at least 4 members (excludes halogenated alkanes) is 2. The van der Waals surface area contributed by atoms with Crippen LogP contribution in [0, 0.1) is 5.92 Å². The molecule has 0 radical (unpaired) electrons. The van der Waals surface area contributed by atoms with Crippen LogP contribution in [0.5, 0.6) is 0 Å². The van der Waals surface area contributed by atoms with Crippen molar-refractivity contribution >= 4 is 6.09 Å². The molecule has 1 aliphatic rings. The highest BCUT2D eigenvalue weighted by molar-refractivity contribution is 5.68. The molecular weight excluding hydrogens is 252 g/mol. The van der Waals surface area contributed by atoms with Gasteiger partial charge in [0.25, 0.3) is 0 Å². The van der Waals surface area contributed by atoms with Gasteiger partial charge in [-0.05, 0) is 59.0 Å². The quantitative estimate of drug-likeness (QED) is 0.728. The summed E-state index contributed by atoms with van der Waals surface area (Å²) in [5.41, 5.74) is -0.393. The third-order valence-corrected chi connectivity index (χ3v) is 3.62. The minimum atomic E-state index is -0.393. The van der Waals surface area contributed by atoms with Crippen molar-refractivity contribution < 1.29 is 9.53 Å². The van der Waals surface area contributed by atoms with Crippen molar-refractivity contribution in [2.24, 2.45) is 5.92 Å². The second-order valence-electron chi connectivity index (χ2n) is 6.83. The lowest BCUT2D eigenvalue weighted by Gasteiger charge is -2.24. The molecule has 0 spiro atoms. The van der Waals surface area contributed by atoms with Gasteiger partial charge in [0.05, 0.1) is 0 Å². The first-order valence-electron chi connectivity index (χ1n) is 8.11. The third-order valence-electron chi connectivity index (χ3n) is 3.62. The number of hydrogen-bond acceptors (Lipinski definition) is 3. The Morgan fingerprint density at radius 1 is 1.30 bits per heavy atom. The molecule has 1 fully saturated rings. The van der Waals surface area contributed by atoms with E-state index in [1.807, 2.05) is 25.7 Å². The maximum Gasteiger partial charge on any atom is 0.410 e. The van der Waals surface area contributed by atoms with E-state index in [9.17, 15) is 4.79 Å². The smallest absolute Gasteiger partial charge is 0.410 e. The lowest BCUT2D eigenvalue weighted by Crippen LogP contribution is -2.35. The van der Waals surface area contributed by atoms with Crippen LogP contribution in [0.15, 0.2) is 0 Å². The summed E-state index contributed by atoms with van der Waals surface area (Å²) >= 11 is 0. The van der Waals surface area contributed by atoms with Crippen molar-refractivity contribution in [1.29, 1.82) is 0 Å². The van der Waals surface area contributed by atoms with Crippen molar-refractivity contribution in [3.63, 3.8) is 0 Å². The molecular formula is C16H32N2O2. The molecule has 1 N–H and O–H groups in total. The molecule has 20 heavy (non-hydrogen) atoms. The molecule has 1 atom stereocenters. The van der Waals surface area contributed by atoms with Gasteiger partial charge in [-0.1, -0.05) is 19.8 Å². The predicted molar refractivity (Wildman–Crippen MR) is 82.9 cm³/mol.